The molecule has 0 aliphatic carbocycles. The summed E-state index contributed by atoms with van der Waals surface area (Å²) in [6, 6.07) is 3.62. The number of hydrogen-bond donors (Lipinski definition) is 2. The molecule has 2 atom stereocenters. The van der Waals surface area contributed by atoms with E-state index in [4.69, 9.17) is 5.73 Å². The lowest BCUT2D eigenvalue weighted by molar-refractivity contribution is 0.152. The molecule has 0 saturated heterocycles. The van der Waals surface area contributed by atoms with Gasteiger partial charge in [-0.25, -0.2) is 0 Å². The highest BCUT2D eigenvalue weighted by atomic mass is 79.9. The Kier molecular flexibility index (Phi) is 3.70. The molecular weight excluding hydrogens is 242 g/mol. The number of halogens is 1. The van der Waals surface area contributed by atoms with Crippen LogP contribution in [-0.4, -0.2) is 11.1 Å². The molecule has 0 amide bonds. The molecule has 0 aromatic heterocycles. The molecular formula is C11H16BrNO. The van der Waals surface area contributed by atoms with E-state index < -0.39 is 6.10 Å². The highest BCUT2D eigenvalue weighted by molar-refractivity contribution is 9.10. The lowest BCUT2D eigenvalue weighted by atomic mass is 9.96. The Hall–Kier alpha value is -0.380. The van der Waals surface area contributed by atoms with Crippen molar-refractivity contribution in [1.29, 1.82) is 0 Å². The number of aliphatic hydroxyl groups is 1. The van der Waals surface area contributed by atoms with Crippen LogP contribution in [0.5, 0.6) is 0 Å². The van der Waals surface area contributed by atoms with E-state index in [1.165, 1.54) is 0 Å². The van der Waals surface area contributed by atoms with Crippen molar-refractivity contribution in [2.24, 2.45) is 5.73 Å². The third-order valence-electron chi connectivity index (χ3n) is 2.58. The van der Waals surface area contributed by atoms with Gasteiger partial charge in [-0.3, -0.25) is 0 Å². The van der Waals surface area contributed by atoms with Crippen LogP contribution in [-0.2, 0) is 0 Å². The smallest absolute Gasteiger partial charge is 0.0940 e. The summed E-state index contributed by atoms with van der Waals surface area (Å²) < 4.78 is 1.07. The molecule has 1 aromatic rings. The van der Waals surface area contributed by atoms with Gasteiger partial charge in [0.1, 0.15) is 0 Å². The Labute approximate surface area is 93.3 Å². The number of hydrogen-bond acceptors (Lipinski definition) is 2. The van der Waals surface area contributed by atoms with Gasteiger partial charge in [0.05, 0.1) is 6.10 Å². The third-order valence-corrected chi connectivity index (χ3v) is 3.44. The molecule has 0 saturated carbocycles. The zero-order chi connectivity index (χ0) is 10.9. The second kappa shape index (κ2) is 4.43. The topological polar surface area (TPSA) is 46.2 Å². The Morgan fingerprint density at radius 1 is 1.29 bits per heavy atom. The zero-order valence-corrected chi connectivity index (χ0v) is 10.3. The molecule has 1 aromatic carbocycles. The fourth-order valence-electron chi connectivity index (χ4n) is 1.41. The first-order chi connectivity index (χ1) is 6.45. The fraction of sp³-hybridized carbons (Fsp3) is 0.455. The molecule has 0 radical (unpaired) electrons. The van der Waals surface area contributed by atoms with E-state index in [0.717, 1.165) is 21.2 Å². The maximum atomic E-state index is 9.85. The average Bonchev–Trinajstić information content (AvgIpc) is 2.13. The van der Waals surface area contributed by atoms with Crippen LogP contribution in [0.3, 0.4) is 0 Å². The minimum absolute atomic E-state index is 0.241. The van der Waals surface area contributed by atoms with E-state index in [2.05, 4.69) is 15.9 Å². The van der Waals surface area contributed by atoms with Crippen molar-refractivity contribution in [2.45, 2.75) is 32.9 Å². The van der Waals surface area contributed by atoms with Gasteiger partial charge in [-0.05, 0) is 43.5 Å². The highest BCUT2D eigenvalue weighted by Crippen LogP contribution is 2.27. The zero-order valence-electron chi connectivity index (χ0n) is 8.71. The standard InChI is InChI=1S/C11H16BrNO/c1-6-7(2)10(12)5-4-9(6)11(14)8(3)13/h4-5,8,11,14H,13H2,1-3H3. The summed E-state index contributed by atoms with van der Waals surface area (Å²) in [7, 11) is 0. The molecule has 2 unspecified atom stereocenters. The second-order valence-electron chi connectivity index (χ2n) is 3.69. The summed E-state index contributed by atoms with van der Waals surface area (Å²) >= 11 is 3.45. The van der Waals surface area contributed by atoms with Gasteiger partial charge < -0.3 is 10.8 Å². The first kappa shape index (κ1) is 11.7. The molecule has 0 spiro atoms. The largest absolute Gasteiger partial charge is 0.387 e. The normalized spacial score (nSPS) is 15.3. The van der Waals surface area contributed by atoms with Crippen LogP contribution in [0.25, 0.3) is 0 Å². The van der Waals surface area contributed by atoms with Crippen molar-refractivity contribution in [3.8, 4) is 0 Å². The highest BCUT2D eigenvalue weighted by Gasteiger charge is 2.16. The van der Waals surface area contributed by atoms with Gasteiger partial charge in [0.25, 0.3) is 0 Å². The van der Waals surface area contributed by atoms with Crippen LogP contribution < -0.4 is 5.73 Å². The Bertz CT molecular complexity index is 336. The van der Waals surface area contributed by atoms with Gasteiger partial charge in [-0.15, -0.1) is 0 Å². The summed E-state index contributed by atoms with van der Waals surface area (Å²) in [4.78, 5) is 0. The first-order valence-electron chi connectivity index (χ1n) is 4.64. The van der Waals surface area contributed by atoms with Gasteiger partial charge in [0.2, 0.25) is 0 Å². The number of nitrogens with two attached hydrogens (primary N) is 1. The SMILES string of the molecule is Cc1c(Br)ccc(C(O)C(C)N)c1C. The van der Waals surface area contributed by atoms with Crippen molar-refractivity contribution >= 4 is 15.9 Å². The molecule has 0 bridgehead atoms. The number of aliphatic hydroxyl groups excluding tert-OH is 1. The average molecular weight is 258 g/mol. The summed E-state index contributed by atoms with van der Waals surface area (Å²) in [6.45, 7) is 5.83. The molecule has 2 nitrogen and oxygen atoms in total. The predicted octanol–water partition coefficient (Wildman–Crippen LogP) is 2.45. The van der Waals surface area contributed by atoms with Crippen molar-refractivity contribution in [3.63, 3.8) is 0 Å². The summed E-state index contributed by atoms with van der Waals surface area (Å²) in [5.41, 5.74) is 8.84. The van der Waals surface area contributed by atoms with Crippen LogP contribution in [0, 0.1) is 13.8 Å². The van der Waals surface area contributed by atoms with Crippen LogP contribution in [0.2, 0.25) is 0 Å². The maximum absolute atomic E-state index is 9.85. The van der Waals surface area contributed by atoms with E-state index in [1.54, 1.807) is 0 Å². The maximum Gasteiger partial charge on any atom is 0.0940 e. The van der Waals surface area contributed by atoms with E-state index in [1.807, 2.05) is 32.9 Å². The third kappa shape index (κ3) is 2.16. The van der Waals surface area contributed by atoms with Crippen molar-refractivity contribution in [1.82, 2.24) is 0 Å². The molecule has 78 valence electrons. The second-order valence-corrected chi connectivity index (χ2v) is 4.54. The van der Waals surface area contributed by atoms with Crippen molar-refractivity contribution in [2.75, 3.05) is 0 Å². The molecule has 0 heterocycles. The monoisotopic (exact) mass is 257 g/mol. The minimum atomic E-state index is -0.582. The lowest BCUT2D eigenvalue weighted by Gasteiger charge is -2.19. The molecule has 0 aliphatic heterocycles. The molecule has 0 fully saturated rings. The molecule has 0 aliphatic rings. The van der Waals surface area contributed by atoms with E-state index in [9.17, 15) is 5.11 Å². The van der Waals surface area contributed by atoms with E-state index >= 15 is 0 Å². The Balaban J connectivity index is 3.17. The Morgan fingerprint density at radius 3 is 2.36 bits per heavy atom. The fourth-order valence-corrected chi connectivity index (χ4v) is 1.84. The van der Waals surface area contributed by atoms with E-state index in [0.29, 0.717) is 0 Å². The molecule has 14 heavy (non-hydrogen) atoms. The van der Waals surface area contributed by atoms with Gasteiger partial charge in [0.15, 0.2) is 0 Å². The van der Waals surface area contributed by atoms with Crippen molar-refractivity contribution < 1.29 is 5.11 Å². The molecule has 3 heteroatoms. The minimum Gasteiger partial charge on any atom is -0.387 e. The lowest BCUT2D eigenvalue weighted by Crippen LogP contribution is -2.25. The summed E-state index contributed by atoms with van der Waals surface area (Å²) in [5.74, 6) is 0. The van der Waals surface area contributed by atoms with Gasteiger partial charge in [-0.1, -0.05) is 22.0 Å². The van der Waals surface area contributed by atoms with Crippen LogP contribution in [0.4, 0.5) is 0 Å². The van der Waals surface area contributed by atoms with Gasteiger partial charge in [-0.2, -0.15) is 0 Å². The molecule has 3 N–H and O–H groups in total. The summed E-state index contributed by atoms with van der Waals surface area (Å²) in [5, 5.41) is 9.85. The van der Waals surface area contributed by atoms with Crippen LogP contribution in [0.15, 0.2) is 16.6 Å². The van der Waals surface area contributed by atoms with Crippen LogP contribution >= 0.6 is 15.9 Å². The van der Waals surface area contributed by atoms with Crippen molar-refractivity contribution in [3.05, 3.63) is 33.3 Å². The number of benzene rings is 1. The Morgan fingerprint density at radius 2 is 1.86 bits per heavy atom. The van der Waals surface area contributed by atoms with Crippen LogP contribution in [0.1, 0.15) is 29.7 Å². The molecule has 1 rings (SSSR count). The predicted molar refractivity (Wildman–Crippen MR) is 62.2 cm³/mol. The first-order valence-corrected chi connectivity index (χ1v) is 5.43. The number of rotatable bonds is 2. The van der Waals surface area contributed by atoms with Gasteiger partial charge >= 0.3 is 0 Å². The summed E-state index contributed by atoms with van der Waals surface area (Å²) in [6.07, 6.45) is -0.582. The van der Waals surface area contributed by atoms with Gasteiger partial charge in [0, 0.05) is 10.5 Å². The quantitative estimate of drug-likeness (QED) is 0.855. The van der Waals surface area contributed by atoms with E-state index in [-0.39, 0.29) is 6.04 Å².